The number of aromatic nitrogens is 1. The summed E-state index contributed by atoms with van der Waals surface area (Å²) >= 11 is 0. The van der Waals surface area contributed by atoms with Gasteiger partial charge >= 0.3 is 11.9 Å². The number of benzene rings is 2. The minimum Gasteiger partial charge on any atom is -0.469 e. The first-order valence-corrected chi connectivity index (χ1v) is 24.5. The van der Waals surface area contributed by atoms with Crippen LogP contribution < -0.4 is 0 Å². The SMILES string of the molecule is COC(=O)CCC[C@@H](CCC(=O)N(C)Cc1c(C)c(C)c(C)c(C)c1C)[C@H]1CC[C@@H](C)[C@H]1C.COC(=O)C[C@@H](CC(=O)Cc1c(C)c(C)c(C)c(C)c1C)c1noc(C2CC(C)C2)c1C. The van der Waals surface area contributed by atoms with Crippen LogP contribution in [0.5, 0.6) is 0 Å². The maximum atomic E-state index is 13.2. The summed E-state index contributed by atoms with van der Waals surface area (Å²) in [5.41, 5.74) is 16.9. The molecule has 5 atom stereocenters. The lowest BCUT2D eigenvalue weighted by Crippen LogP contribution is -2.29. The quantitative estimate of drug-likeness (QED) is 0.116. The molecule has 0 radical (unpaired) electrons. The fourth-order valence-corrected chi connectivity index (χ4v) is 11.1. The number of ether oxygens (including phenoxy) is 2. The van der Waals surface area contributed by atoms with Gasteiger partial charge in [0.1, 0.15) is 11.5 Å². The average Bonchev–Trinajstić information content (AvgIpc) is 3.82. The summed E-state index contributed by atoms with van der Waals surface area (Å²) in [6.07, 6.45) is 9.27. The second kappa shape index (κ2) is 23.5. The molecule has 0 aliphatic heterocycles. The van der Waals surface area contributed by atoms with E-state index in [2.05, 4.69) is 95.2 Å². The summed E-state index contributed by atoms with van der Waals surface area (Å²) in [5, 5.41) is 4.33. The van der Waals surface area contributed by atoms with Crippen molar-refractivity contribution < 1.29 is 33.2 Å². The van der Waals surface area contributed by atoms with Gasteiger partial charge in [0.15, 0.2) is 0 Å². The molecule has 2 fully saturated rings. The lowest BCUT2D eigenvalue weighted by Gasteiger charge is -2.30. The molecule has 1 heterocycles. The molecule has 1 amide bonds. The van der Waals surface area contributed by atoms with E-state index in [9.17, 15) is 19.2 Å². The number of ketones is 1. The Balaban J connectivity index is 0.000000285. The van der Waals surface area contributed by atoms with Crippen LogP contribution >= 0.6 is 0 Å². The first kappa shape index (κ1) is 53.3. The van der Waals surface area contributed by atoms with E-state index in [4.69, 9.17) is 14.0 Å². The molecular weight excluding hydrogens is 813 g/mol. The van der Waals surface area contributed by atoms with Gasteiger partial charge in [-0.3, -0.25) is 19.2 Å². The van der Waals surface area contributed by atoms with E-state index in [0.29, 0.717) is 55.4 Å². The Kier molecular flexibility index (Phi) is 19.2. The zero-order chi connectivity index (χ0) is 48.6. The van der Waals surface area contributed by atoms with Gasteiger partial charge in [0.05, 0.1) is 26.3 Å². The number of amides is 1. The lowest BCUT2D eigenvalue weighted by molar-refractivity contribution is -0.142. The standard InChI is InChI=1S/C29H47NO3.C27H37NO4/c1-18-13-15-26(19(18)2)25(11-10-12-29(32)33-9)14-16-28(31)30(8)17-27-23(6)21(4)20(3)22(5)24(27)7;1-14-9-22(10-14)27-20(7)26(28-32-27)21(12-25(30)31-8)11-23(29)13-24-18(5)16(3)15(2)17(4)19(24)6/h18-19,25-26H,10-17H2,1-9H3;14,21-22H,9-13H2,1-8H3/t18-,19-,25+,26+;14?,21-,22?/m11/s1. The molecule has 0 spiro atoms. The summed E-state index contributed by atoms with van der Waals surface area (Å²) in [6, 6.07) is 0. The van der Waals surface area contributed by atoms with Gasteiger partial charge in [0.25, 0.3) is 0 Å². The highest BCUT2D eigenvalue weighted by atomic mass is 16.5. The van der Waals surface area contributed by atoms with Crippen LogP contribution in [-0.2, 0) is 41.6 Å². The number of hydrogen-bond donors (Lipinski definition) is 0. The number of methoxy groups -OCH3 is 2. The van der Waals surface area contributed by atoms with Crippen LogP contribution in [0.4, 0.5) is 0 Å². The van der Waals surface area contributed by atoms with Gasteiger partial charge in [-0.05, 0) is 211 Å². The highest BCUT2D eigenvalue weighted by Gasteiger charge is 2.36. The lowest BCUT2D eigenvalue weighted by atomic mass is 9.73. The fourth-order valence-electron chi connectivity index (χ4n) is 11.1. The van der Waals surface area contributed by atoms with Crippen LogP contribution in [0, 0.1) is 106 Å². The van der Waals surface area contributed by atoms with Crippen molar-refractivity contribution in [3.05, 3.63) is 83.8 Å². The highest BCUT2D eigenvalue weighted by molar-refractivity contribution is 5.84. The van der Waals surface area contributed by atoms with Crippen LogP contribution in [0.2, 0.25) is 0 Å². The molecule has 9 heteroatoms. The van der Waals surface area contributed by atoms with E-state index in [1.807, 2.05) is 18.9 Å². The number of carbonyl (C=O) groups excluding carboxylic acids is 4. The van der Waals surface area contributed by atoms with E-state index >= 15 is 0 Å². The molecule has 65 heavy (non-hydrogen) atoms. The van der Waals surface area contributed by atoms with Gasteiger partial charge in [-0.1, -0.05) is 32.3 Å². The van der Waals surface area contributed by atoms with Gasteiger partial charge in [0, 0.05) is 56.7 Å². The van der Waals surface area contributed by atoms with E-state index in [1.54, 1.807) is 0 Å². The normalized spacial score (nSPS) is 20.0. The molecule has 3 aromatic rings. The topological polar surface area (TPSA) is 116 Å². The molecule has 2 aromatic carbocycles. The minimum absolute atomic E-state index is 0.106. The largest absolute Gasteiger partial charge is 0.469 e. The van der Waals surface area contributed by atoms with E-state index in [1.165, 1.54) is 88.3 Å². The first-order chi connectivity index (χ1) is 30.5. The van der Waals surface area contributed by atoms with Crippen molar-refractivity contribution in [2.24, 2.45) is 29.6 Å². The molecule has 0 N–H and O–H groups in total. The number of Topliss-reactive ketones (excluding diaryl/α,β-unsaturated/α-hetero) is 1. The van der Waals surface area contributed by atoms with Crippen molar-refractivity contribution in [1.29, 1.82) is 0 Å². The van der Waals surface area contributed by atoms with Crippen LogP contribution in [0.1, 0.15) is 187 Å². The number of rotatable bonds is 18. The second-order valence-electron chi connectivity index (χ2n) is 20.5. The van der Waals surface area contributed by atoms with Crippen LogP contribution in [0.25, 0.3) is 0 Å². The third kappa shape index (κ3) is 12.8. The Morgan fingerprint density at radius 2 is 1.18 bits per heavy atom. The molecule has 0 bridgehead atoms. The number of esters is 2. The van der Waals surface area contributed by atoms with E-state index < -0.39 is 0 Å². The molecule has 2 aliphatic rings. The second-order valence-corrected chi connectivity index (χ2v) is 20.5. The summed E-state index contributed by atoms with van der Waals surface area (Å²) < 4.78 is 15.5. The molecule has 9 nitrogen and oxygen atoms in total. The smallest absolute Gasteiger partial charge is 0.306 e. The van der Waals surface area contributed by atoms with Crippen molar-refractivity contribution in [2.45, 2.75) is 192 Å². The highest BCUT2D eigenvalue weighted by Crippen LogP contribution is 2.45. The van der Waals surface area contributed by atoms with Gasteiger partial charge in [-0.25, -0.2) is 0 Å². The van der Waals surface area contributed by atoms with Crippen molar-refractivity contribution in [3.63, 3.8) is 0 Å². The minimum atomic E-state index is -0.335. The van der Waals surface area contributed by atoms with Crippen molar-refractivity contribution in [2.75, 3.05) is 21.3 Å². The monoisotopic (exact) mass is 897 g/mol. The Morgan fingerprint density at radius 3 is 1.68 bits per heavy atom. The van der Waals surface area contributed by atoms with Crippen molar-refractivity contribution in [3.8, 4) is 0 Å². The Hall–Kier alpha value is -4.27. The third-order valence-electron chi connectivity index (χ3n) is 16.8. The number of nitrogens with zero attached hydrogens (tertiary/aromatic N) is 2. The van der Waals surface area contributed by atoms with Gasteiger partial charge < -0.3 is 18.9 Å². The van der Waals surface area contributed by atoms with E-state index in [-0.39, 0.29) is 42.4 Å². The van der Waals surface area contributed by atoms with Gasteiger partial charge in [-0.2, -0.15) is 0 Å². The number of hydrogen-bond acceptors (Lipinski definition) is 8. The predicted molar refractivity (Wildman–Crippen MR) is 261 cm³/mol. The maximum Gasteiger partial charge on any atom is 0.306 e. The van der Waals surface area contributed by atoms with Crippen molar-refractivity contribution >= 4 is 23.6 Å². The maximum absolute atomic E-state index is 13.2. The number of carbonyl (C=O) groups is 4. The van der Waals surface area contributed by atoms with E-state index in [0.717, 1.165) is 60.6 Å². The van der Waals surface area contributed by atoms with Gasteiger partial charge in [-0.15, -0.1) is 0 Å². The Bertz CT molecular complexity index is 2120. The zero-order valence-corrected chi connectivity index (χ0v) is 43.5. The molecular formula is C56H84N2O7. The summed E-state index contributed by atoms with van der Waals surface area (Å²) in [7, 11) is 4.77. The van der Waals surface area contributed by atoms with Crippen molar-refractivity contribution in [1.82, 2.24) is 10.1 Å². The molecule has 2 saturated carbocycles. The predicted octanol–water partition coefficient (Wildman–Crippen LogP) is 12.5. The summed E-state index contributed by atoms with van der Waals surface area (Å²) in [4.78, 5) is 52.0. The molecule has 0 unspecified atom stereocenters. The molecule has 1 aromatic heterocycles. The van der Waals surface area contributed by atoms with Crippen LogP contribution in [0.15, 0.2) is 4.52 Å². The molecule has 5 rings (SSSR count). The molecule has 360 valence electrons. The molecule has 0 saturated heterocycles. The summed E-state index contributed by atoms with van der Waals surface area (Å²) in [6.45, 7) is 31.1. The van der Waals surface area contributed by atoms with Crippen LogP contribution in [0.3, 0.4) is 0 Å². The molecule has 2 aliphatic carbocycles. The average molecular weight is 897 g/mol. The van der Waals surface area contributed by atoms with Gasteiger partial charge in [0.2, 0.25) is 5.91 Å². The fraction of sp³-hybridized carbons (Fsp3) is 0.661. The first-order valence-electron chi connectivity index (χ1n) is 24.5. The third-order valence-corrected chi connectivity index (χ3v) is 16.8. The zero-order valence-electron chi connectivity index (χ0n) is 43.5. The summed E-state index contributed by atoms with van der Waals surface area (Å²) in [5.74, 6) is 4.12. The Morgan fingerprint density at radius 1 is 0.662 bits per heavy atom. The van der Waals surface area contributed by atoms with Crippen LogP contribution in [-0.4, -0.2) is 55.0 Å². The Labute approximate surface area is 392 Å².